The van der Waals surface area contributed by atoms with Crippen LogP contribution < -0.4 is 5.32 Å². The van der Waals surface area contributed by atoms with Gasteiger partial charge in [0.1, 0.15) is 0 Å². The van der Waals surface area contributed by atoms with E-state index in [0.717, 1.165) is 70.6 Å². The smallest absolute Gasteiger partial charge is 0.220 e. The Labute approximate surface area is 328 Å². The summed E-state index contributed by atoms with van der Waals surface area (Å²) >= 11 is 0. The van der Waals surface area contributed by atoms with Gasteiger partial charge in [-0.1, -0.05) is 207 Å². The molecular weight excluding hydrogens is 651 g/mol. The number of amides is 1. The standard InChI is InChI=1S/C49H83NO3/c1-3-5-7-9-11-13-15-17-19-21-23-24-25-26-27-29-31-33-35-37-39-41-43-45-49(53)50-47(46-51)48(52)44-42-40-38-36-34-32-30-28-22-20-18-16-14-12-10-8-6-4-2/h5,7,11,13,17,19,23-24,26-27,31,33,37,39,42,44,47-48,51-52H,3-4,6,8-10,12,14-16,18,20-22,25,28-30,32,34-36,38,40-41,43,45-46H2,1-2H3,(H,50,53)/b7-5-,13-11-,19-17-,24-23-,27-26-,33-31-,39-37-,44-42+. The maximum Gasteiger partial charge on any atom is 0.220 e. The molecule has 0 rings (SSSR count). The van der Waals surface area contributed by atoms with Crippen LogP contribution in [0.15, 0.2) is 97.2 Å². The van der Waals surface area contributed by atoms with E-state index in [2.05, 4.69) is 104 Å². The lowest BCUT2D eigenvalue weighted by molar-refractivity contribution is -0.122. The number of rotatable bonds is 38. The highest BCUT2D eigenvalue weighted by Gasteiger charge is 2.17. The van der Waals surface area contributed by atoms with E-state index < -0.39 is 12.1 Å². The summed E-state index contributed by atoms with van der Waals surface area (Å²) in [6.45, 7) is 4.16. The Morgan fingerprint density at radius 2 is 0.830 bits per heavy atom. The molecule has 0 radical (unpaired) electrons. The van der Waals surface area contributed by atoms with Gasteiger partial charge in [0.15, 0.2) is 0 Å². The Hall–Kier alpha value is -2.69. The lowest BCUT2D eigenvalue weighted by Gasteiger charge is -2.19. The zero-order valence-electron chi connectivity index (χ0n) is 34.5. The molecule has 0 heterocycles. The van der Waals surface area contributed by atoms with Gasteiger partial charge in [-0.3, -0.25) is 4.79 Å². The number of hydrogen-bond donors (Lipinski definition) is 3. The minimum absolute atomic E-state index is 0.125. The Morgan fingerprint density at radius 1 is 0.472 bits per heavy atom. The lowest BCUT2D eigenvalue weighted by Crippen LogP contribution is -2.45. The molecule has 0 aliphatic rings. The summed E-state index contributed by atoms with van der Waals surface area (Å²) in [4.78, 5) is 12.4. The number of allylic oxidation sites excluding steroid dienone is 15. The molecule has 0 aliphatic carbocycles. The molecule has 0 fully saturated rings. The van der Waals surface area contributed by atoms with Gasteiger partial charge in [-0.2, -0.15) is 0 Å². The number of hydrogen-bond acceptors (Lipinski definition) is 3. The van der Waals surface area contributed by atoms with Crippen molar-refractivity contribution < 1.29 is 15.0 Å². The Morgan fingerprint density at radius 3 is 1.23 bits per heavy atom. The lowest BCUT2D eigenvalue weighted by atomic mass is 10.0. The van der Waals surface area contributed by atoms with E-state index in [9.17, 15) is 15.0 Å². The van der Waals surface area contributed by atoms with Crippen LogP contribution in [-0.2, 0) is 4.79 Å². The zero-order chi connectivity index (χ0) is 38.6. The summed E-state index contributed by atoms with van der Waals surface area (Å²) in [5, 5.41) is 23.0. The maximum absolute atomic E-state index is 12.4. The van der Waals surface area contributed by atoms with Gasteiger partial charge < -0.3 is 15.5 Å². The van der Waals surface area contributed by atoms with Gasteiger partial charge in [-0.15, -0.1) is 0 Å². The fraction of sp³-hybridized carbons (Fsp3) is 0.653. The van der Waals surface area contributed by atoms with Crippen LogP contribution in [0.5, 0.6) is 0 Å². The average Bonchev–Trinajstić information content (AvgIpc) is 3.16. The highest BCUT2D eigenvalue weighted by Crippen LogP contribution is 2.14. The molecule has 0 aliphatic heterocycles. The highest BCUT2D eigenvalue weighted by atomic mass is 16.3. The largest absolute Gasteiger partial charge is 0.394 e. The van der Waals surface area contributed by atoms with E-state index in [1.54, 1.807) is 6.08 Å². The van der Waals surface area contributed by atoms with Crippen LogP contribution in [0.2, 0.25) is 0 Å². The van der Waals surface area contributed by atoms with Crippen LogP contribution in [0.3, 0.4) is 0 Å². The predicted molar refractivity (Wildman–Crippen MR) is 234 cm³/mol. The summed E-state index contributed by atoms with van der Waals surface area (Å²) < 4.78 is 0. The normalized spacial score (nSPS) is 14.0. The minimum atomic E-state index is -0.869. The topological polar surface area (TPSA) is 69.6 Å². The predicted octanol–water partition coefficient (Wildman–Crippen LogP) is 13.8. The first kappa shape index (κ1) is 50.3. The third-order valence-corrected chi connectivity index (χ3v) is 9.32. The molecule has 2 unspecified atom stereocenters. The molecule has 0 aromatic heterocycles. The molecule has 0 saturated carbocycles. The number of unbranched alkanes of at least 4 members (excludes halogenated alkanes) is 17. The first-order valence-electron chi connectivity index (χ1n) is 22.0. The average molecular weight is 734 g/mol. The van der Waals surface area contributed by atoms with Gasteiger partial charge >= 0.3 is 0 Å². The van der Waals surface area contributed by atoms with Crippen LogP contribution in [0, 0.1) is 0 Å². The maximum atomic E-state index is 12.4. The van der Waals surface area contributed by atoms with Crippen molar-refractivity contribution in [2.45, 2.75) is 199 Å². The van der Waals surface area contributed by atoms with Gasteiger partial charge in [0.05, 0.1) is 18.8 Å². The van der Waals surface area contributed by atoms with E-state index in [0.29, 0.717) is 6.42 Å². The molecule has 2 atom stereocenters. The second-order valence-corrected chi connectivity index (χ2v) is 14.4. The Kier molecular flexibility index (Phi) is 41.5. The van der Waals surface area contributed by atoms with Crippen molar-refractivity contribution in [3.8, 4) is 0 Å². The number of carbonyl (C=O) groups is 1. The molecule has 4 nitrogen and oxygen atoms in total. The number of nitrogens with one attached hydrogen (secondary N) is 1. The van der Waals surface area contributed by atoms with E-state index in [1.807, 2.05) is 6.08 Å². The van der Waals surface area contributed by atoms with Gasteiger partial charge in [0, 0.05) is 6.42 Å². The molecule has 0 bridgehead atoms. The van der Waals surface area contributed by atoms with E-state index in [1.165, 1.54) is 96.3 Å². The van der Waals surface area contributed by atoms with Gasteiger partial charge in [0.2, 0.25) is 5.91 Å². The summed E-state index contributed by atoms with van der Waals surface area (Å²) in [6, 6.07) is -0.659. The third kappa shape index (κ3) is 40.3. The molecule has 3 N–H and O–H groups in total. The summed E-state index contributed by atoms with van der Waals surface area (Å²) in [5.41, 5.74) is 0. The molecule has 0 aromatic carbocycles. The second kappa shape index (κ2) is 43.7. The summed E-state index contributed by atoms with van der Waals surface area (Å²) in [7, 11) is 0. The first-order valence-corrected chi connectivity index (χ1v) is 22.0. The van der Waals surface area contributed by atoms with Gasteiger partial charge in [0.25, 0.3) is 0 Å². The van der Waals surface area contributed by atoms with E-state index in [-0.39, 0.29) is 12.5 Å². The van der Waals surface area contributed by atoms with Gasteiger partial charge in [-0.25, -0.2) is 0 Å². The van der Waals surface area contributed by atoms with Crippen molar-refractivity contribution in [3.05, 3.63) is 97.2 Å². The molecule has 1 amide bonds. The number of aliphatic hydroxyl groups is 2. The number of aliphatic hydroxyl groups excluding tert-OH is 2. The summed E-state index contributed by atoms with van der Waals surface area (Å²) in [6.07, 6.45) is 65.1. The molecule has 0 saturated heterocycles. The van der Waals surface area contributed by atoms with Crippen LogP contribution in [0.25, 0.3) is 0 Å². The van der Waals surface area contributed by atoms with Crippen molar-refractivity contribution in [1.29, 1.82) is 0 Å². The number of carbonyl (C=O) groups excluding carboxylic acids is 1. The van der Waals surface area contributed by atoms with Gasteiger partial charge in [-0.05, 0) is 70.6 Å². The fourth-order valence-corrected chi connectivity index (χ4v) is 5.99. The van der Waals surface area contributed by atoms with Crippen LogP contribution in [0.1, 0.15) is 187 Å². The van der Waals surface area contributed by atoms with Crippen LogP contribution in [-0.4, -0.2) is 34.9 Å². The van der Waals surface area contributed by atoms with Crippen molar-refractivity contribution in [1.82, 2.24) is 5.32 Å². The van der Waals surface area contributed by atoms with Crippen LogP contribution in [0.4, 0.5) is 0 Å². The molecule has 0 spiro atoms. The monoisotopic (exact) mass is 734 g/mol. The quantitative estimate of drug-likeness (QED) is 0.0437. The Bertz CT molecular complexity index is 1010. The summed E-state index contributed by atoms with van der Waals surface area (Å²) in [5.74, 6) is -0.125. The fourth-order valence-electron chi connectivity index (χ4n) is 5.99. The second-order valence-electron chi connectivity index (χ2n) is 14.4. The molecule has 0 aromatic rings. The van der Waals surface area contributed by atoms with Crippen molar-refractivity contribution in [2.75, 3.05) is 6.61 Å². The van der Waals surface area contributed by atoms with Crippen LogP contribution >= 0.6 is 0 Å². The molecular formula is C49H83NO3. The zero-order valence-corrected chi connectivity index (χ0v) is 34.5. The Balaban J connectivity index is 3.75. The van der Waals surface area contributed by atoms with Crippen molar-refractivity contribution >= 4 is 5.91 Å². The molecule has 302 valence electrons. The van der Waals surface area contributed by atoms with E-state index >= 15 is 0 Å². The minimum Gasteiger partial charge on any atom is -0.394 e. The molecule has 4 heteroatoms. The van der Waals surface area contributed by atoms with Crippen molar-refractivity contribution in [2.24, 2.45) is 0 Å². The third-order valence-electron chi connectivity index (χ3n) is 9.32. The highest BCUT2D eigenvalue weighted by molar-refractivity contribution is 5.76. The SMILES string of the molecule is CC/C=C\C/C=C\C/C=C\C/C=C\C/C=C\C/C=C\C/C=C\CCCC(=O)NC(CO)C(O)/C=C/CCCCCCCCCCCCCCCCCC. The molecule has 53 heavy (non-hydrogen) atoms. The first-order chi connectivity index (χ1) is 26.2. The van der Waals surface area contributed by atoms with Crippen molar-refractivity contribution in [3.63, 3.8) is 0 Å². The van der Waals surface area contributed by atoms with E-state index in [4.69, 9.17) is 0 Å².